The molecule has 0 unspecified atom stereocenters. The van der Waals surface area contributed by atoms with E-state index in [0.717, 1.165) is 16.9 Å². The van der Waals surface area contributed by atoms with Gasteiger partial charge in [-0.2, -0.15) is 0 Å². The fourth-order valence-electron chi connectivity index (χ4n) is 3.17. The topological polar surface area (TPSA) is 81.8 Å². The maximum Gasteiger partial charge on any atom is 0.242 e. The SMILES string of the molecule is CC(CC(=O)c1ccccc1)=N[C@@H](Cc1ccc(OCc2ccccc2)cc1)C(N)=O. The van der Waals surface area contributed by atoms with Crippen LogP contribution >= 0.6 is 0 Å². The normalized spacial score (nSPS) is 12.2. The highest BCUT2D eigenvalue weighted by atomic mass is 16.5. The van der Waals surface area contributed by atoms with Crippen molar-refractivity contribution in [3.8, 4) is 5.75 Å². The first-order chi connectivity index (χ1) is 15.0. The molecular weight excluding hydrogens is 388 g/mol. The molecule has 0 aliphatic rings. The molecule has 0 fully saturated rings. The number of Topliss-reactive ketones (excluding diaryl/α,β-unsaturated/α-hetero) is 1. The number of ketones is 1. The van der Waals surface area contributed by atoms with E-state index in [-0.39, 0.29) is 12.2 Å². The molecule has 158 valence electrons. The molecule has 0 saturated carbocycles. The molecule has 3 aromatic rings. The number of ether oxygens (including phenoxy) is 1. The third kappa shape index (κ3) is 6.93. The van der Waals surface area contributed by atoms with Gasteiger partial charge in [0.15, 0.2) is 5.78 Å². The lowest BCUT2D eigenvalue weighted by molar-refractivity contribution is -0.119. The Balaban J connectivity index is 1.59. The Morgan fingerprint density at radius 1 is 0.871 bits per heavy atom. The van der Waals surface area contributed by atoms with Gasteiger partial charge < -0.3 is 10.5 Å². The molecule has 0 aliphatic heterocycles. The second-order valence-electron chi connectivity index (χ2n) is 7.37. The van der Waals surface area contributed by atoms with Gasteiger partial charge in [-0.25, -0.2) is 0 Å². The summed E-state index contributed by atoms with van der Waals surface area (Å²) in [6.07, 6.45) is 0.519. The Morgan fingerprint density at radius 3 is 2.10 bits per heavy atom. The molecule has 5 heteroatoms. The largest absolute Gasteiger partial charge is 0.489 e. The smallest absolute Gasteiger partial charge is 0.242 e. The fourth-order valence-corrected chi connectivity index (χ4v) is 3.17. The Hall–Kier alpha value is -3.73. The van der Waals surface area contributed by atoms with Crippen LogP contribution in [0.5, 0.6) is 5.75 Å². The number of carbonyl (C=O) groups excluding carboxylic acids is 2. The fraction of sp³-hybridized carbons (Fsp3) is 0.192. The first kappa shape index (κ1) is 22.0. The van der Waals surface area contributed by atoms with Crippen LogP contribution in [-0.2, 0) is 17.8 Å². The number of carbonyl (C=O) groups is 2. The quantitative estimate of drug-likeness (QED) is 0.394. The van der Waals surface area contributed by atoms with Gasteiger partial charge in [0, 0.05) is 24.1 Å². The van der Waals surface area contributed by atoms with E-state index in [4.69, 9.17) is 10.5 Å². The van der Waals surface area contributed by atoms with Crippen molar-refractivity contribution >= 4 is 17.4 Å². The van der Waals surface area contributed by atoms with Gasteiger partial charge in [0.2, 0.25) is 5.91 Å². The average Bonchev–Trinajstić information content (AvgIpc) is 2.79. The van der Waals surface area contributed by atoms with Gasteiger partial charge in [0.1, 0.15) is 18.4 Å². The van der Waals surface area contributed by atoms with Crippen LogP contribution in [0.3, 0.4) is 0 Å². The molecule has 3 rings (SSSR count). The van der Waals surface area contributed by atoms with Gasteiger partial charge >= 0.3 is 0 Å². The lowest BCUT2D eigenvalue weighted by atomic mass is 10.0. The standard InChI is InChI=1S/C26H26N2O3/c1-19(16-25(29)22-10-6-3-7-11-22)28-24(26(27)30)17-20-12-14-23(15-13-20)31-18-21-8-4-2-5-9-21/h2-15,24H,16-18H2,1H3,(H2,27,30)/t24-/m0/s1. The van der Waals surface area contributed by atoms with Gasteiger partial charge in [-0.3, -0.25) is 14.6 Å². The summed E-state index contributed by atoms with van der Waals surface area (Å²) < 4.78 is 5.79. The van der Waals surface area contributed by atoms with E-state index in [1.54, 1.807) is 19.1 Å². The van der Waals surface area contributed by atoms with E-state index in [1.165, 1.54) is 0 Å². The van der Waals surface area contributed by atoms with Crippen LogP contribution in [0.1, 0.15) is 34.8 Å². The summed E-state index contributed by atoms with van der Waals surface area (Å²) in [5.41, 5.74) is 8.78. The van der Waals surface area contributed by atoms with E-state index < -0.39 is 11.9 Å². The van der Waals surface area contributed by atoms with Crippen LogP contribution in [0.2, 0.25) is 0 Å². The van der Waals surface area contributed by atoms with E-state index in [2.05, 4.69) is 4.99 Å². The zero-order valence-corrected chi connectivity index (χ0v) is 17.5. The van der Waals surface area contributed by atoms with Crippen LogP contribution in [0, 0.1) is 0 Å². The number of nitrogens with two attached hydrogens (primary N) is 1. The molecule has 0 aromatic heterocycles. The number of nitrogens with zero attached hydrogens (tertiary/aromatic N) is 1. The third-order valence-electron chi connectivity index (χ3n) is 4.82. The molecule has 2 N–H and O–H groups in total. The molecule has 0 saturated heterocycles. The van der Waals surface area contributed by atoms with Crippen molar-refractivity contribution < 1.29 is 14.3 Å². The van der Waals surface area contributed by atoms with Crippen LogP contribution in [0.4, 0.5) is 0 Å². The molecule has 0 heterocycles. The Labute approximate surface area is 182 Å². The molecule has 0 bridgehead atoms. The molecule has 0 aliphatic carbocycles. The van der Waals surface area contributed by atoms with Crippen molar-refractivity contribution in [3.05, 3.63) is 102 Å². The molecule has 31 heavy (non-hydrogen) atoms. The number of benzene rings is 3. The Morgan fingerprint density at radius 2 is 1.48 bits per heavy atom. The van der Waals surface area contributed by atoms with Gasteiger partial charge in [-0.05, 0) is 30.2 Å². The molecule has 3 aromatic carbocycles. The summed E-state index contributed by atoms with van der Waals surface area (Å²) in [6, 6.07) is 25.8. The first-order valence-electron chi connectivity index (χ1n) is 10.2. The minimum absolute atomic E-state index is 0.0370. The number of primary amides is 1. The second-order valence-corrected chi connectivity index (χ2v) is 7.37. The zero-order valence-electron chi connectivity index (χ0n) is 17.5. The predicted octanol–water partition coefficient (Wildman–Crippen LogP) is 4.40. The van der Waals surface area contributed by atoms with Gasteiger partial charge in [-0.15, -0.1) is 0 Å². The van der Waals surface area contributed by atoms with Crippen molar-refractivity contribution in [2.45, 2.75) is 32.4 Å². The van der Waals surface area contributed by atoms with Gasteiger partial charge in [0.25, 0.3) is 0 Å². The van der Waals surface area contributed by atoms with E-state index in [0.29, 0.717) is 24.3 Å². The summed E-state index contributed by atoms with van der Waals surface area (Å²) in [7, 11) is 0. The van der Waals surface area contributed by atoms with Crippen molar-refractivity contribution in [1.82, 2.24) is 0 Å². The summed E-state index contributed by atoms with van der Waals surface area (Å²) >= 11 is 0. The van der Waals surface area contributed by atoms with Crippen molar-refractivity contribution in [2.24, 2.45) is 10.7 Å². The molecule has 5 nitrogen and oxygen atoms in total. The predicted molar refractivity (Wildman–Crippen MR) is 122 cm³/mol. The summed E-state index contributed by atoms with van der Waals surface area (Å²) in [6.45, 7) is 2.24. The first-order valence-corrected chi connectivity index (χ1v) is 10.2. The highest BCUT2D eigenvalue weighted by Crippen LogP contribution is 2.16. The average molecular weight is 415 g/mol. The van der Waals surface area contributed by atoms with Crippen LogP contribution < -0.4 is 10.5 Å². The second kappa shape index (κ2) is 10.9. The van der Waals surface area contributed by atoms with E-state index in [9.17, 15) is 9.59 Å². The highest BCUT2D eigenvalue weighted by Gasteiger charge is 2.16. The van der Waals surface area contributed by atoms with Crippen molar-refractivity contribution in [3.63, 3.8) is 0 Å². The molecule has 1 atom stereocenters. The van der Waals surface area contributed by atoms with Crippen LogP contribution in [0.25, 0.3) is 0 Å². The number of aliphatic imine (C=N–C) groups is 1. The lowest BCUT2D eigenvalue weighted by Crippen LogP contribution is -2.30. The monoisotopic (exact) mass is 414 g/mol. The third-order valence-corrected chi connectivity index (χ3v) is 4.82. The molecule has 1 amide bonds. The lowest BCUT2D eigenvalue weighted by Gasteiger charge is -2.12. The summed E-state index contributed by atoms with van der Waals surface area (Å²) in [5.74, 6) is 0.192. The Kier molecular flexibility index (Phi) is 7.71. The van der Waals surface area contributed by atoms with Gasteiger partial charge in [-0.1, -0.05) is 72.8 Å². The van der Waals surface area contributed by atoms with E-state index >= 15 is 0 Å². The molecule has 0 radical (unpaired) electrons. The number of amides is 1. The minimum atomic E-state index is -0.723. The number of hydrogen-bond acceptors (Lipinski definition) is 4. The zero-order chi connectivity index (χ0) is 22.1. The maximum absolute atomic E-state index is 12.4. The molecular formula is C26H26N2O3. The van der Waals surface area contributed by atoms with E-state index in [1.807, 2.05) is 72.8 Å². The summed E-state index contributed by atoms with van der Waals surface area (Å²) in [4.78, 5) is 28.7. The Bertz CT molecular complexity index is 1030. The molecule has 0 spiro atoms. The van der Waals surface area contributed by atoms with Crippen molar-refractivity contribution in [1.29, 1.82) is 0 Å². The summed E-state index contributed by atoms with van der Waals surface area (Å²) in [5, 5.41) is 0. The number of rotatable bonds is 10. The van der Waals surface area contributed by atoms with Gasteiger partial charge in [0.05, 0.1) is 0 Å². The number of hydrogen-bond donors (Lipinski definition) is 1. The maximum atomic E-state index is 12.4. The van der Waals surface area contributed by atoms with Crippen LogP contribution in [0.15, 0.2) is 89.9 Å². The van der Waals surface area contributed by atoms with Crippen LogP contribution in [-0.4, -0.2) is 23.4 Å². The highest BCUT2D eigenvalue weighted by molar-refractivity contribution is 6.09. The van der Waals surface area contributed by atoms with Crippen molar-refractivity contribution in [2.75, 3.05) is 0 Å². The minimum Gasteiger partial charge on any atom is -0.489 e.